The molecule has 1 aliphatic heterocycles. The molecule has 0 saturated carbocycles. The Morgan fingerprint density at radius 3 is 2.90 bits per heavy atom. The van der Waals surface area contributed by atoms with Gasteiger partial charge in [0.25, 0.3) is 5.91 Å². The van der Waals surface area contributed by atoms with Gasteiger partial charge in [0.1, 0.15) is 0 Å². The molecule has 2 heterocycles. The fourth-order valence-electron chi connectivity index (χ4n) is 2.32. The van der Waals surface area contributed by atoms with E-state index in [0.29, 0.717) is 10.7 Å². The van der Waals surface area contributed by atoms with E-state index in [1.807, 2.05) is 40.9 Å². The molecular weight excluding hydrogens is 306 g/mol. The van der Waals surface area contributed by atoms with E-state index in [2.05, 4.69) is 5.10 Å². The number of carbonyl (C=O) groups is 1. The van der Waals surface area contributed by atoms with E-state index in [4.69, 9.17) is 11.6 Å². The summed E-state index contributed by atoms with van der Waals surface area (Å²) < 4.78 is 1.65. The predicted octanol–water partition coefficient (Wildman–Crippen LogP) is 3.10. The molecule has 0 bridgehead atoms. The normalized spacial score (nSPS) is 15.8. The monoisotopic (exact) mass is 321 g/mol. The summed E-state index contributed by atoms with van der Waals surface area (Å²) in [6, 6.07) is 9.22. The van der Waals surface area contributed by atoms with Gasteiger partial charge in [-0.2, -0.15) is 16.9 Å². The summed E-state index contributed by atoms with van der Waals surface area (Å²) in [5.74, 6) is 2.12. The molecule has 1 aliphatic rings. The zero-order valence-electron chi connectivity index (χ0n) is 11.5. The van der Waals surface area contributed by atoms with Gasteiger partial charge in [0, 0.05) is 25.0 Å². The highest BCUT2D eigenvalue weighted by Crippen LogP contribution is 2.19. The first-order valence-electron chi connectivity index (χ1n) is 6.93. The number of hydrogen-bond donors (Lipinski definition) is 0. The summed E-state index contributed by atoms with van der Waals surface area (Å²) in [6.07, 6.45) is 2.82. The lowest BCUT2D eigenvalue weighted by Gasteiger charge is -2.18. The van der Waals surface area contributed by atoms with Crippen LogP contribution in [0.15, 0.2) is 36.5 Å². The van der Waals surface area contributed by atoms with Gasteiger partial charge < -0.3 is 4.90 Å². The van der Waals surface area contributed by atoms with Crippen LogP contribution >= 0.6 is 23.4 Å². The van der Waals surface area contributed by atoms with Gasteiger partial charge in [0.2, 0.25) is 0 Å². The largest absolute Gasteiger partial charge is 0.336 e. The van der Waals surface area contributed by atoms with Crippen molar-refractivity contribution in [3.63, 3.8) is 0 Å². The first-order chi connectivity index (χ1) is 10.3. The van der Waals surface area contributed by atoms with Gasteiger partial charge in [-0.1, -0.05) is 23.7 Å². The van der Waals surface area contributed by atoms with Crippen molar-refractivity contribution in [3.8, 4) is 5.69 Å². The fraction of sp³-hybridized carbons (Fsp3) is 0.333. The molecule has 1 aromatic heterocycles. The Hall–Kier alpha value is -1.46. The molecule has 0 N–H and O–H groups in total. The summed E-state index contributed by atoms with van der Waals surface area (Å²) in [7, 11) is 0. The molecule has 0 aliphatic carbocycles. The van der Waals surface area contributed by atoms with Crippen molar-refractivity contribution in [2.45, 2.75) is 6.42 Å². The molecule has 1 aromatic carbocycles. The van der Waals surface area contributed by atoms with Gasteiger partial charge in [-0.15, -0.1) is 0 Å². The standard InChI is InChI=1S/C15H16ClN3OS/c16-12-4-1-2-5-14(12)19-8-6-13(17-19)15(20)18-7-3-10-21-11-9-18/h1-2,4-6,8H,3,7,9-11H2. The van der Waals surface area contributed by atoms with Crippen molar-refractivity contribution in [1.29, 1.82) is 0 Å². The quantitative estimate of drug-likeness (QED) is 0.853. The third-order valence-corrected chi connectivity index (χ3v) is 4.79. The molecule has 1 amide bonds. The number of hydrogen-bond acceptors (Lipinski definition) is 3. The summed E-state index contributed by atoms with van der Waals surface area (Å²) in [6.45, 7) is 1.60. The fourth-order valence-corrected chi connectivity index (χ4v) is 3.43. The molecule has 0 atom stereocenters. The topological polar surface area (TPSA) is 38.1 Å². The first kappa shape index (κ1) is 14.5. The molecule has 0 unspecified atom stereocenters. The van der Waals surface area contributed by atoms with Gasteiger partial charge in [-0.3, -0.25) is 4.79 Å². The van der Waals surface area contributed by atoms with Crippen LogP contribution in [0, 0.1) is 0 Å². The second-order valence-electron chi connectivity index (χ2n) is 4.86. The number of nitrogens with zero attached hydrogens (tertiary/aromatic N) is 3. The van der Waals surface area contributed by atoms with E-state index in [9.17, 15) is 4.79 Å². The van der Waals surface area contributed by atoms with Crippen LogP contribution in [-0.4, -0.2) is 45.2 Å². The summed E-state index contributed by atoms with van der Waals surface area (Å²) >= 11 is 8.06. The van der Waals surface area contributed by atoms with Crippen LogP contribution in [-0.2, 0) is 0 Å². The van der Waals surface area contributed by atoms with E-state index in [-0.39, 0.29) is 5.91 Å². The van der Waals surface area contributed by atoms with Crippen LogP contribution in [0.1, 0.15) is 16.9 Å². The maximum Gasteiger partial charge on any atom is 0.274 e. The lowest BCUT2D eigenvalue weighted by atomic mass is 10.3. The van der Waals surface area contributed by atoms with Crippen molar-refractivity contribution in [3.05, 3.63) is 47.2 Å². The molecule has 1 saturated heterocycles. The number of rotatable bonds is 2. The Labute approximate surface area is 133 Å². The van der Waals surface area contributed by atoms with Crippen LogP contribution < -0.4 is 0 Å². The molecule has 0 spiro atoms. The zero-order valence-corrected chi connectivity index (χ0v) is 13.1. The second-order valence-corrected chi connectivity index (χ2v) is 6.49. The van der Waals surface area contributed by atoms with E-state index >= 15 is 0 Å². The molecule has 3 rings (SSSR count). The molecule has 21 heavy (non-hydrogen) atoms. The molecular formula is C15H16ClN3OS. The Kier molecular flexibility index (Phi) is 4.51. The SMILES string of the molecule is O=C(c1ccn(-c2ccccc2Cl)n1)N1CCCSCC1. The van der Waals surface area contributed by atoms with Gasteiger partial charge in [0.05, 0.1) is 10.7 Å². The number of aromatic nitrogens is 2. The van der Waals surface area contributed by atoms with Gasteiger partial charge in [0.15, 0.2) is 5.69 Å². The van der Waals surface area contributed by atoms with Crippen LogP contribution in [0.3, 0.4) is 0 Å². The van der Waals surface area contributed by atoms with Crippen LogP contribution in [0.4, 0.5) is 0 Å². The number of thioether (sulfide) groups is 1. The van der Waals surface area contributed by atoms with E-state index < -0.39 is 0 Å². The number of amides is 1. The molecule has 6 heteroatoms. The minimum Gasteiger partial charge on any atom is -0.336 e. The van der Waals surface area contributed by atoms with E-state index in [1.165, 1.54) is 0 Å². The number of carbonyl (C=O) groups excluding carboxylic acids is 1. The van der Waals surface area contributed by atoms with E-state index in [1.54, 1.807) is 16.9 Å². The summed E-state index contributed by atoms with van der Waals surface area (Å²) in [4.78, 5) is 14.4. The first-order valence-corrected chi connectivity index (χ1v) is 8.46. The third kappa shape index (κ3) is 3.24. The van der Waals surface area contributed by atoms with Crippen molar-refractivity contribution in [1.82, 2.24) is 14.7 Å². The van der Waals surface area contributed by atoms with Crippen molar-refractivity contribution >= 4 is 29.3 Å². The van der Waals surface area contributed by atoms with Crippen LogP contribution in [0.25, 0.3) is 5.69 Å². The van der Waals surface area contributed by atoms with E-state index in [0.717, 1.165) is 36.7 Å². The Morgan fingerprint density at radius 2 is 2.05 bits per heavy atom. The predicted molar refractivity (Wildman–Crippen MR) is 86.4 cm³/mol. The van der Waals surface area contributed by atoms with Crippen molar-refractivity contribution in [2.24, 2.45) is 0 Å². The minimum absolute atomic E-state index is 0.00306. The van der Waals surface area contributed by atoms with Crippen molar-refractivity contribution < 1.29 is 4.79 Å². The van der Waals surface area contributed by atoms with Gasteiger partial charge in [-0.25, -0.2) is 4.68 Å². The highest BCUT2D eigenvalue weighted by Gasteiger charge is 2.20. The summed E-state index contributed by atoms with van der Waals surface area (Å²) in [5, 5.41) is 5.00. The second kappa shape index (κ2) is 6.54. The third-order valence-electron chi connectivity index (χ3n) is 3.42. The number of benzene rings is 1. The molecule has 2 aromatic rings. The summed E-state index contributed by atoms with van der Waals surface area (Å²) in [5.41, 5.74) is 1.26. The minimum atomic E-state index is 0.00306. The van der Waals surface area contributed by atoms with Crippen LogP contribution in [0.5, 0.6) is 0 Å². The average Bonchev–Trinajstić information content (AvgIpc) is 2.82. The lowest BCUT2D eigenvalue weighted by Crippen LogP contribution is -2.33. The zero-order chi connectivity index (χ0) is 14.7. The Morgan fingerprint density at radius 1 is 1.19 bits per heavy atom. The Bertz CT molecular complexity index is 635. The lowest BCUT2D eigenvalue weighted by molar-refractivity contribution is 0.0762. The molecule has 4 nitrogen and oxygen atoms in total. The average molecular weight is 322 g/mol. The highest BCUT2D eigenvalue weighted by molar-refractivity contribution is 7.99. The highest BCUT2D eigenvalue weighted by atomic mass is 35.5. The molecule has 110 valence electrons. The van der Waals surface area contributed by atoms with Crippen LogP contribution in [0.2, 0.25) is 5.02 Å². The van der Waals surface area contributed by atoms with Gasteiger partial charge in [-0.05, 0) is 30.4 Å². The number of para-hydroxylation sites is 1. The smallest absolute Gasteiger partial charge is 0.274 e. The Balaban J connectivity index is 1.81. The molecule has 0 radical (unpaired) electrons. The van der Waals surface area contributed by atoms with Crippen molar-refractivity contribution in [2.75, 3.05) is 24.6 Å². The van der Waals surface area contributed by atoms with Gasteiger partial charge >= 0.3 is 0 Å². The maximum atomic E-state index is 12.5. The molecule has 1 fully saturated rings. The maximum absolute atomic E-state index is 12.5. The number of halogens is 1.